The van der Waals surface area contributed by atoms with Crippen LogP contribution in [0.15, 0.2) is 42.5 Å². The van der Waals surface area contributed by atoms with Crippen LogP contribution in [-0.2, 0) is 22.3 Å². The summed E-state index contributed by atoms with van der Waals surface area (Å²) in [4.78, 5) is 12.5. The molecule has 0 aliphatic carbocycles. The summed E-state index contributed by atoms with van der Waals surface area (Å²) in [7, 11) is 1.12. The van der Waals surface area contributed by atoms with E-state index in [1.807, 2.05) is 0 Å². The monoisotopic (exact) mass is 417 g/mol. The normalized spacial score (nSPS) is 12.5. The number of halogens is 5. The van der Waals surface area contributed by atoms with Gasteiger partial charge in [-0.25, -0.2) is 8.81 Å². The number of benzene rings is 2. The molecule has 0 heterocycles. The number of ether oxygens (including phenoxy) is 1. The van der Waals surface area contributed by atoms with Gasteiger partial charge in [0.05, 0.1) is 12.1 Å². The highest BCUT2D eigenvalue weighted by Crippen LogP contribution is 2.32. The standard InChI is InChI=1S/C18H16ClF4N3O2/c1-28-15(13-7-6-12(8-14(13)20)18(21,22)23)17(27)26(19)9-10-2-4-11(5-3-10)16(24)25/h2-8,15H,9H2,1H3,(H3,24,25). The van der Waals surface area contributed by atoms with Gasteiger partial charge in [0.1, 0.15) is 11.7 Å². The van der Waals surface area contributed by atoms with Crippen LogP contribution in [-0.4, -0.2) is 23.3 Å². The topological polar surface area (TPSA) is 79.4 Å². The molecule has 0 bridgehead atoms. The Morgan fingerprint density at radius 3 is 2.32 bits per heavy atom. The molecule has 10 heteroatoms. The molecule has 5 nitrogen and oxygen atoms in total. The number of hydrogen-bond acceptors (Lipinski definition) is 3. The van der Waals surface area contributed by atoms with Crippen molar-refractivity contribution in [2.45, 2.75) is 18.8 Å². The van der Waals surface area contributed by atoms with Crippen LogP contribution in [0.5, 0.6) is 0 Å². The molecule has 0 spiro atoms. The molecule has 0 fully saturated rings. The lowest BCUT2D eigenvalue weighted by Gasteiger charge is -2.21. The van der Waals surface area contributed by atoms with Crippen molar-refractivity contribution < 1.29 is 27.1 Å². The summed E-state index contributed by atoms with van der Waals surface area (Å²) in [6.07, 6.45) is -6.23. The Bertz CT molecular complexity index is 872. The maximum Gasteiger partial charge on any atom is 0.416 e. The minimum Gasteiger partial charge on any atom is -0.384 e. The van der Waals surface area contributed by atoms with Gasteiger partial charge in [-0.05, 0) is 17.7 Å². The first kappa shape index (κ1) is 21.6. The molecule has 1 atom stereocenters. The number of hydrogen-bond donors (Lipinski definition) is 2. The van der Waals surface area contributed by atoms with Gasteiger partial charge in [0.15, 0.2) is 6.10 Å². The van der Waals surface area contributed by atoms with Gasteiger partial charge in [-0.2, -0.15) is 13.2 Å². The van der Waals surface area contributed by atoms with Crippen LogP contribution < -0.4 is 5.73 Å². The molecule has 1 amide bonds. The zero-order valence-electron chi connectivity index (χ0n) is 14.6. The Hall–Kier alpha value is -2.65. The predicted molar refractivity (Wildman–Crippen MR) is 95.0 cm³/mol. The van der Waals surface area contributed by atoms with E-state index >= 15 is 0 Å². The lowest BCUT2D eigenvalue weighted by Crippen LogP contribution is -2.29. The smallest absolute Gasteiger partial charge is 0.384 e. The number of nitrogens with zero attached hydrogens (tertiary/aromatic N) is 1. The number of carbonyl (C=O) groups excluding carboxylic acids is 1. The van der Waals surface area contributed by atoms with Gasteiger partial charge < -0.3 is 10.5 Å². The van der Waals surface area contributed by atoms with Crippen molar-refractivity contribution in [2.24, 2.45) is 5.73 Å². The molecule has 0 saturated heterocycles. The van der Waals surface area contributed by atoms with Gasteiger partial charge in [0.2, 0.25) is 0 Å². The number of methoxy groups -OCH3 is 1. The van der Waals surface area contributed by atoms with Gasteiger partial charge in [-0.15, -0.1) is 0 Å². The van der Waals surface area contributed by atoms with E-state index < -0.39 is 29.6 Å². The number of alkyl halides is 3. The summed E-state index contributed by atoms with van der Waals surface area (Å²) in [5.41, 5.74) is 4.90. The van der Waals surface area contributed by atoms with E-state index in [4.69, 9.17) is 27.7 Å². The fourth-order valence-electron chi connectivity index (χ4n) is 2.43. The highest BCUT2D eigenvalue weighted by atomic mass is 35.5. The van der Waals surface area contributed by atoms with Gasteiger partial charge >= 0.3 is 6.18 Å². The number of amidine groups is 1. The summed E-state index contributed by atoms with van der Waals surface area (Å²) in [6.45, 7) is -0.0827. The van der Waals surface area contributed by atoms with Crippen LogP contribution in [0, 0.1) is 11.2 Å². The van der Waals surface area contributed by atoms with Crippen molar-refractivity contribution in [1.29, 1.82) is 5.41 Å². The van der Waals surface area contributed by atoms with Crippen LogP contribution in [0.1, 0.15) is 28.4 Å². The SMILES string of the molecule is COC(C(=O)N(Cl)Cc1ccc(C(=N)N)cc1)c1ccc(C(F)(F)F)cc1F. The van der Waals surface area contributed by atoms with Crippen molar-refractivity contribution in [3.63, 3.8) is 0 Å². The minimum absolute atomic E-state index is 0.0827. The van der Waals surface area contributed by atoms with E-state index in [0.717, 1.165) is 17.6 Å². The van der Waals surface area contributed by atoms with E-state index in [1.165, 1.54) is 0 Å². The Kier molecular flexibility index (Phi) is 6.63. The lowest BCUT2D eigenvalue weighted by molar-refractivity contribution is -0.138. The summed E-state index contributed by atoms with van der Waals surface area (Å²) >= 11 is 5.98. The molecule has 150 valence electrons. The summed E-state index contributed by atoms with van der Waals surface area (Å²) in [6, 6.07) is 8.13. The highest BCUT2D eigenvalue weighted by Gasteiger charge is 2.33. The molecule has 2 aromatic rings. The zero-order chi connectivity index (χ0) is 21.1. The van der Waals surface area contributed by atoms with Crippen molar-refractivity contribution in [2.75, 3.05) is 7.11 Å². The number of nitrogen functional groups attached to an aromatic ring is 1. The molecule has 0 aliphatic heterocycles. The molecule has 28 heavy (non-hydrogen) atoms. The van der Waals surface area contributed by atoms with E-state index in [0.29, 0.717) is 23.3 Å². The van der Waals surface area contributed by atoms with E-state index in [9.17, 15) is 22.4 Å². The van der Waals surface area contributed by atoms with Crippen LogP contribution >= 0.6 is 11.8 Å². The molecule has 0 aliphatic rings. The molecule has 2 rings (SSSR count). The van der Waals surface area contributed by atoms with E-state index in [-0.39, 0.29) is 17.9 Å². The van der Waals surface area contributed by atoms with Gasteiger partial charge in [0, 0.05) is 30.0 Å². The Labute approximate surface area is 163 Å². The third kappa shape index (κ3) is 4.99. The molecule has 1 unspecified atom stereocenters. The second kappa shape index (κ2) is 8.57. The maximum atomic E-state index is 14.2. The minimum atomic E-state index is -4.71. The molecular formula is C18H16ClF4N3O2. The van der Waals surface area contributed by atoms with E-state index in [1.54, 1.807) is 24.3 Å². The quantitative estimate of drug-likeness (QED) is 0.323. The van der Waals surface area contributed by atoms with Crippen molar-refractivity contribution >= 4 is 23.5 Å². The third-order valence-electron chi connectivity index (χ3n) is 3.90. The first-order valence-corrected chi connectivity index (χ1v) is 8.18. The predicted octanol–water partition coefficient (Wildman–Crippen LogP) is 4.00. The lowest BCUT2D eigenvalue weighted by atomic mass is 10.0. The zero-order valence-corrected chi connectivity index (χ0v) is 15.3. The fourth-order valence-corrected chi connectivity index (χ4v) is 2.66. The average molecular weight is 418 g/mol. The summed E-state index contributed by atoms with van der Waals surface area (Å²) < 4.78 is 57.9. The molecule has 0 radical (unpaired) electrons. The van der Waals surface area contributed by atoms with Crippen LogP contribution in [0.25, 0.3) is 0 Å². The van der Waals surface area contributed by atoms with Crippen LogP contribution in [0.4, 0.5) is 17.6 Å². The van der Waals surface area contributed by atoms with Gasteiger partial charge in [0.25, 0.3) is 5.91 Å². The van der Waals surface area contributed by atoms with Gasteiger partial charge in [-0.1, -0.05) is 30.3 Å². The number of nitrogens with two attached hydrogens (primary N) is 1. The second-order valence-corrected chi connectivity index (χ2v) is 6.23. The molecular weight excluding hydrogens is 402 g/mol. The van der Waals surface area contributed by atoms with Gasteiger partial charge in [-0.3, -0.25) is 10.2 Å². The largest absolute Gasteiger partial charge is 0.416 e. The number of carbonyl (C=O) groups is 1. The van der Waals surface area contributed by atoms with Crippen molar-refractivity contribution in [3.8, 4) is 0 Å². The number of rotatable bonds is 6. The van der Waals surface area contributed by atoms with E-state index in [2.05, 4.69) is 0 Å². The van der Waals surface area contributed by atoms with Crippen LogP contribution in [0.3, 0.4) is 0 Å². The van der Waals surface area contributed by atoms with Crippen LogP contribution in [0.2, 0.25) is 0 Å². The Balaban J connectivity index is 2.19. The molecule has 3 N–H and O–H groups in total. The summed E-state index contributed by atoms with van der Waals surface area (Å²) in [5, 5.41) is 7.33. The van der Waals surface area contributed by atoms with Crippen molar-refractivity contribution in [1.82, 2.24) is 4.42 Å². The number of nitrogens with one attached hydrogen (secondary N) is 1. The Morgan fingerprint density at radius 2 is 1.86 bits per heavy atom. The molecule has 2 aromatic carbocycles. The fraction of sp³-hybridized carbons (Fsp3) is 0.222. The first-order chi connectivity index (χ1) is 13.0. The average Bonchev–Trinajstić information content (AvgIpc) is 2.63. The third-order valence-corrected chi connectivity index (χ3v) is 4.18. The second-order valence-electron chi connectivity index (χ2n) is 5.82. The summed E-state index contributed by atoms with van der Waals surface area (Å²) in [5.74, 6) is -2.20. The Morgan fingerprint density at radius 1 is 1.25 bits per heavy atom. The first-order valence-electron chi connectivity index (χ1n) is 7.84. The highest BCUT2D eigenvalue weighted by molar-refractivity contribution is 6.21. The van der Waals surface area contributed by atoms with Crippen molar-refractivity contribution in [3.05, 3.63) is 70.5 Å². The molecule has 0 saturated carbocycles. The molecule has 0 aromatic heterocycles. The maximum absolute atomic E-state index is 14.2. The number of amides is 1.